The van der Waals surface area contributed by atoms with E-state index in [1.807, 2.05) is 0 Å². The number of anilines is 1. The van der Waals surface area contributed by atoms with E-state index in [2.05, 4.69) is 24.2 Å². The molecule has 6 heteroatoms. The molecule has 17 heavy (non-hydrogen) atoms. The average Bonchev–Trinajstić information content (AvgIpc) is 2.54. The van der Waals surface area contributed by atoms with Crippen LogP contribution in [-0.4, -0.2) is 16.5 Å². The number of benzene rings is 1. The molecule has 0 amide bonds. The lowest BCUT2D eigenvalue weighted by Gasteiger charge is -2.10. The van der Waals surface area contributed by atoms with Crippen LogP contribution in [0.25, 0.3) is 0 Å². The van der Waals surface area contributed by atoms with Crippen LogP contribution in [0.3, 0.4) is 0 Å². The Morgan fingerprint density at radius 3 is 2.41 bits per heavy atom. The van der Waals surface area contributed by atoms with Crippen molar-refractivity contribution < 1.29 is 0 Å². The van der Waals surface area contributed by atoms with Gasteiger partial charge in [-0.1, -0.05) is 46.6 Å². The van der Waals surface area contributed by atoms with Gasteiger partial charge < -0.3 is 5.32 Å². The maximum atomic E-state index is 6.08. The van der Waals surface area contributed by atoms with E-state index in [-0.39, 0.29) is 5.54 Å². The third-order valence-electron chi connectivity index (χ3n) is 2.22. The molecular weight excluding hydrogens is 299 g/mol. The van der Waals surface area contributed by atoms with Crippen LogP contribution in [0.1, 0.15) is 13.8 Å². The van der Waals surface area contributed by atoms with E-state index >= 15 is 0 Å². The average molecular weight is 310 g/mol. The van der Waals surface area contributed by atoms with Gasteiger partial charge in [-0.05, 0) is 26.0 Å². The molecule has 1 aromatic rings. The molecule has 92 valence electrons. The second-order valence-corrected chi connectivity index (χ2v) is 6.57. The van der Waals surface area contributed by atoms with Gasteiger partial charge in [0.25, 0.3) is 0 Å². The van der Waals surface area contributed by atoms with E-state index in [9.17, 15) is 0 Å². The van der Waals surface area contributed by atoms with E-state index in [0.29, 0.717) is 15.1 Å². The number of aliphatic imine (C=N–C) groups is 1. The highest BCUT2D eigenvalue weighted by Gasteiger charge is 2.25. The van der Waals surface area contributed by atoms with Crippen LogP contribution in [-0.2, 0) is 0 Å². The van der Waals surface area contributed by atoms with Crippen molar-refractivity contribution in [2.75, 3.05) is 11.1 Å². The molecule has 0 saturated carbocycles. The minimum atomic E-state index is -0.0320. The zero-order valence-electron chi connectivity index (χ0n) is 9.35. The lowest BCUT2D eigenvalue weighted by molar-refractivity contribution is 0.605. The van der Waals surface area contributed by atoms with Crippen LogP contribution in [0.5, 0.6) is 0 Å². The molecule has 0 bridgehead atoms. The Labute approximate surface area is 120 Å². The fourth-order valence-corrected chi connectivity index (χ4v) is 3.02. The van der Waals surface area contributed by atoms with E-state index < -0.39 is 0 Å². The number of hydrogen-bond donors (Lipinski definition) is 1. The molecule has 0 aliphatic carbocycles. The van der Waals surface area contributed by atoms with Gasteiger partial charge in [0.1, 0.15) is 0 Å². The summed E-state index contributed by atoms with van der Waals surface area (Å²) in [6.45, 7) is 4.18. The summed E-state index contributed by atoms with van der Waals surface area (Å²) in [6.07, 6.45) is 0. The van der Waals surface area contributed by atoms with E-state index in [4.69, 9.17) is 34.8 Å². The highest BCUT2D eigenvalue weighted by atomic mass is 35.5. The van der Waals surface area contributed by atoms with Crippen molar-refractivity contribution in [1.82, 2.24) is 0 Å². The normalized spacial score (nSPS) is 18.1. The molecule has 1 aliphatic heterocycles. The maximum absolute atomic E-state index is 6.08. The molecule has 0 saturated heterocycles. The van der Waals surface area contributed by atoms with Crippen LogP contribution in [0, 0.1) is 0 Å². The predicted molar refractivity (Wildman–Crippen MR) is 79.1 cm³/mol. The van der Waals surface area contributed by atoms with Crippen molar-refractivity contribution in [3.8, 4) is 0 Å². The molecule has 2 rings (SSSR count). The second kappa shape index (κ2) is 4.88. The summed E-state index contributed by atoms with van der Waals surface area (Å²) in [5, 5.41) is 5.48. The molecule has 1 N–H and O–H groups in total. The Balaban J connectivity index is 2.23. The van der Waals surface area contributed by atoms with Crippen molar-refractivity contribution in [2.45, 2.75) is 19.4 Å². The third-order valence-corrected chi connectivity index (χ3v) is 4.57. The van der Waals surface area contributed by atoms with Gasteiger partial charge >= 0.3 is 0 Å². The summed E-state index contributed by atoms with van der Waals surface area (Å²) in [5.74, 6) is 0.953. The van der Waals surface area contributed by atoms with Crippen molar-refractivity contribution in [3.63, 3.8) is 0 Å². The first kappa shape index (κ1) is 13.3. The molecule has 1 heterocycles. The van der Waals surface area contributed by atoms with Crippen molar-refractivity contribution >= 4 is 57.4 Å². The largest absolute Gasteiger partial charge is 0.334 e. The summed E-state index contributed by atoms with van der Waals surface area (Å²) < 4.78 is 0. The Hall–Kier alpha value is -0.0900. The van der Waals surface area contributed by atoms with Gasteiger partial charge in [-0.3, -0.25) is 4.99 Å². The highest BCUT2D eigenvalue weighted by molar-refractivity contribution is 8.14. The molecule has 0 unspecified atom stereocenters. The van der Waals surface area contributed by atoms with E-state index in [1.54, 1.807) is 23.9 Å². The van der Waals surface area contributed by atoms with Gasteiger partial charge in [0.2, 0.25) is 0 Å². The van der Waals surface area contributed by atoms with Crippen LogP contribution in [0.2, 0.25) is 15.1 Å². The fourth-order valence-electron chi connectivity index (χ4n) is 1.38. The summed E-state index contributed by atoms with van der Waals surface area (Å²) in [5.41, 5.74) is 0.695. The fraction of sp³-hybridized carbons (Fsp3) is 0.364. The first-order valence-electron chi connectivity index (χ1n) is 5.02. The molecule has 1 aromatic carbocycles. The van der Waals surface area contributed by atoms with Crippen LogP contribution >= 0.6 is 46.6 Å². The number of nitrogens with one attached hydrogen (secondary N) is 1. The van der Waals surface area contributed by atoms with Gasteiger partial charge in [-0.15, -0.1) is 0 Å². The first-order chi connectivity index (χ1) is 7.87. The topological polar surface area (TPSA) is 24.4 Å². The lowest BCUT2D eigenvalue weighted by atomic mass is 10.1. The summed E-state index contributed by atoms with van der Waals surface area (Å²) in [4.78, 5) is 4.54. The SMILES string of the molecule is CC1(C)CSC(Nc2cc(Cl)c(Cl)cc2Cl)=N1. The number of rotatable bonds is 1. The second-order valence-electron chi connectivity index (χ2n) is 4.39. The van der Waals surface area contributed by atoms with Crippen molar-refractivity contribution in [2.24, 2.45) is 4.99 Å². The number of halogens is 3. The quantitative estimate of drug-likeness (QED) is 0.743. The van der Waals surface area contributed by atoms with Crippen LogP contribution in [0.15, 0.2) is 17.1 Å². The monoisotopic (exact) mass is 308 g/mol. The Morgan fingerprint density at radius 2 is 1.82 bits per heavy atom. The third kappa shape index (κ3) is 3.22. The Bertz CT molecular complexity index is 486. The smallest absolute Gasteiger partial charge is 0.161 e. The zero-order chi connectivity index (χ0) is 12.6. The van der Waals surface area contributed by atoms with Gasteiger partial charge in [0.15, 0.2) is 5.17 Å². The summed E-state index contributed by atoms with van der Waals surface area (Å²) in [7, 11) is 0. The first-order valence-corrected chi connectivity index (χ1v) is 7.13. The predicted octanol–water partition coefficient (Wildman–Crippen LogP) is 4.94. The Kier molecular flexibility index (Phi) is 3.83. The van der Waals surface area contributed by atoms with Gasteiger partial charge in [0.05, 0.1) is 26.3 Å². The molecule has 0 aromatic heterocycles. The van der Waals surface area contributed by atoms with Crippen molar-refractivity contribution in [3.05, 3.63) is 27.2 Å². The van der Waals surface area contributed by atoms with Crippen molar-refractivity contribution in [1.29, 1.82) is 0 Å². The minimum Gasteiger partial charge on any atom is -0.334 e. The number of hydrogen-bond acceptors (Lipinski definition) is 3. The molecule has 0 radical (unpaired) electrons. The zero-order valence-corrected chi connectivity index (χ0v) is 12.4. The summed E-state index contributed by atoms with van der Waals surface area (Å²) in [6, 6.07) is 3.33. The molecule has 1 aliphatic rings. The van der Waals surface area contributed by atoms with Gasteiger partial charge in [0, 0.05) is 5.75 Å². The number of amidine groups is 1. The molecule has 0 spiro atoms. The van der Waals surface area contributed by atoms with Crippen LogP contribution < -0.4 is 5.32 Å². The van der Waals surface area contributed by atoms with Gasteiger partial charge in [-0.2, -0.15) is 0 Å². The highest BCUT2D eigenvalue weighted by Crippen LogP contribution is 2.34. The Morgan fingerprint density at radius 1 is 1.18 bits per heavy atom. The van der Waals surface area contributed by atoms with E-state index in [1.165, 1.54) is 0 Å². The lowest BCUT2D eigenvalue weighted by Crippen LogP contribution is -2.15. The van der Waals surface area contributed by atoms with E-state index in [0.717, 1.165) is 16.6 Å². The molecule has 0 fully saturated rings. The molecular formula is C11H11Cl3N2S. The van der Waals surface area contributed by atoms with Crippen LogP contribution in [0.4, 0.5) is 5.69 Å². The number of nitrogens with zero attached hydrogens (tertiary/aromatic N) is 1. The summed E-state index contributed by atoms with van der Waals surface area (Å²) >= 11 is 19.6. The number of thioether (sulfide) groups is 1. The molecule has 2 nitrogen and oxygen atoms in total. The molecule has 0 atom stereocenters. The maximum Gasteiger partial charge on any atom is 0.161 e. The minimum absolute atomic E-state index is 0.0320. The standard InChI is InChI=1S/C11H11Cl3N2S/c1-11(2)5-17-10(16-11)15-9-4-7(13)6(12)3-8(9)14/h3-4H,5H2,1-2H3,(H,15,16). The van der Waals surface area contributed by atoms with Gasteiger partial charge in [-0.25, -0.2) is 0 Å².